The molecule has 1 aliphatic heterocycles. The third-order valence-electron chi connectivity index (χ3n) is 2.24. The highest BCUT2D eigenvalue weighted by Gasteiger charge is 2.34. The summed E-state index contributed by atoms with van der Waals surface area (Å²) >= 11 is 0. The SMILES string of the molecule is O=C1CS(=O)(=O)c2ccc(C(F)(F)F)cc2N1. The van der Waals surface area contributed by atoms with Gasteiger partial charge in [0.15, 0.2) is 9.84 Å². The van der Waals surface area contributed by atoms with Gasteiger partial charge in [-0.1, -0.05) is 0 Å². The van der Waals surface area contributed by atoms with Gasteiger partial charge in [0.25, 0.3) is 0 Å². The molecule has 2 rings (SSSR count). The molecule has 0 aliphatic carbocycles. The molecular formula is C9H6F3NO3S. The zero-order chi connectivity index (χ0) is 12.8. The second-order valence-corrected chi connectivity index (χ2v) is 5.47. The summed E-state index contributed by atoms with van der Waals surface area (Å²) in [6.45, 7) is 0. The summed E-state index contributed by atoms with van der Waals surface area (Å²) < 4.78 is 60.2. The van der Waals surface area contributed by atoms with Crippen LogP contribution < -0.4 is 5.32 Å². The second kappa shape index (κ2) is 3.46. The molecule has 92 valence electrons. The minimum Gasteiger partial charge on any atom is -0.324 e. The van der Waals surface area contributed by atoms with Crippen molar-refractivity contribution in [1.29, 1.82) is 0 Å². The molecule has 0 radical (unpaired) electrons. The van der Waals surface area contributed by atoms with Crippen molar-refractivity contribution in [2.45, 2.75) is 11.1 Å². The highest BCUT2D eigenvalue weighted by molar-refractivity contribution is 7.92. The van der Waals surface area contributed by atoms with Crippen LogP contribution in [0.4, 0.5) is 18.9 Å². The van der Waals surface area contributed by atoms with Gasteiger partial charge < -0.3 is 5.32 Å². The fraction of sp³-hybridized carbons (Fsp3) is 0.222. The molecule has 1 heterocycles. The Morgan fingerprint density at radius 1 is 1.24 bits per heavy atom. The number of nitrogens with one attached hydrogen (secondary N) is 1. The molecule has 0 atom stereocenters. The third kappa shape index (κ3) is 2.12. The fourth-order valence-electron chi connectivity index (χ4n) is 1.51. The third-order valence-corrected chi connectivity index (χ3v) is 3.91. The van der Waals surface area contributed by atoms with Crippen molar-refractivity contribution in [3.63, 3.8) is 0 Å². The van der Waals surface area contributed by atoms with Crippen molar-refractivity contribution >= 4 is 21.4 Å². The summed E-state index contributed by atoms with van der Waals surface area (Å²) in [5.74, 6) is -1.58. The van der Waals surface area contributed by atoms with Crippen molar-refractivity contribution in [3.05, 3.63) is 23.8 Å². The number of carbonyl (C=O) groups excluding carboxylic acids is 1. The van der Waals surface area contributed by atoms with Crippen LogP contribution >= 0.6 is 0 Å². The van der Waals surface area contributed by atoms with Crippen LogP contribution in [0.15, 0.2) is 23.1 Å². The Kier molecular flexibility index (Phi) is 2.42. The van der Waals surface area contributed by atoms with E-state index >= 15 is 0 Å². The summed E-state index contributed by atoms with van der Waals surface area (Å²) in [5, 5.41) is 2.11. The molecule has 0 fully saturated rings. The lowest BCUT2D eigenvalue weighted by molar-refractivity contribution is -0.137. The number of halogens is 3. The number of benzene rings is 1. The van der Waals surface area contributed by atoms with E-state index in [0.29, 0.717) is 12.1 Å². The van der Waals surface area contributed by atoms with E-state index in [2.05, 4.69) is 5.32 Å². The molecule has 1 N–H and O–H groups in total. The Morgan fingerprint density at radius 3 is 2.47 bits per heavy atom. The average molecular weight is 265 g/mol. The zero-order valence-corrected chi connectivity index (χ0v) is 9.02. The summed E-state index contributed by atoms with van der Waals surface area (Å²) in [6, 6.07) is 2.14. The Bertz CT molecular complexity index is 592. The first-order valence-electron chi connectivity index (χ1n) is 4.44. The molecule has 0 saturated heterocycles. The van der Waals surface area contributed by atoms with Crippen LogP contribution in [-0.2, 0) is 20.8 Å². The quantitative estimate of drug-likeness (QED) is 0.771. The minimum atomic E-state index is -4.58. The van der Waals surface area contributed by atoms with Crippen LogP contribution in [0.3, 0.4) is 0 Å². The molecular weight excluding hydrogens is 259 g/mol. The summed E-state index contributed by atoms with van der Waals surface area (Å²) in [4.78, 5) is 10.7. The minimum absolute atomic E-state index is 0.287. The molecule has 17 heavy (non-hydrogen) atoms. The van der Waals surface area contributed by atoms with Crippen LogP contribution in [-0.4, -0.2) is 20.1 Å². The van der Waals surface area contributed by atoms with Gasteiger partial charge in [0.2, 0.25) is 5.91 Å². The largest absolute Gasteiger partial charge is 0.416 e. The summed E-state index contributed by atoms with van der Waals surface area (Å²) in [5.41, 5.74) is -1.33. The predicted octanol–water partition coefficient (Wildman–Crippen LogP) is 1.43. The fourth-order valence-corrected chi connectivity index (χ4v) is 2.81. The van der Waals surface area contributed by atoms with Crippen LogP contribution in [0.1, 0.15) is 5.56 Å². The van der Waals surface area contributed by atoms with E-state index in [1.165, 1.54) is 0 Å². The molecule has 8 heteroatoms. The standard InChI is InChI=1S/C9H6F3NO3S/c10-9(11,12)5-1-2-7-6(3-5)13-8(14)4-17(7,15)16/h1-3H,4H2,(H,13,14). The number of rotatable bonds is 0. The molecule has 4 nitrogen and oxygen atoms in total. The number of sulfone groups is 1. The molecule has 0 unspecified atom stereocenters. The molecule has 0 aromatic heterocycles. The topological polar surface area (TPSA) is 63.2 Å². The number of anilines is 1. The summed E-state index contributed by atoms with van der Waals surface area (Å²) in [6.07, 6.45) is -4.58. The van der Waals surface area contributed by atoms with E-state index in [1.807, 2.05) is 0 Å². The summed E-state index contributed by atoms with van der Waals surface area (Å²) in [7, 11) is -3.83. The van der Waals surface area contributed by atoms with E-state index in [4.69, 9.17) is 0 Å². The van der Waals surface area contributed by atoms with Crippen molar-refractivity contribution in [2.24, 2.45) is 0 Å². The lowest BCUT2D eigenvalue weighted by atomic mass is 10.2. The van der Waals surface area contributed by atoms with Gasteiger partial charge >= 0.3 is 6.18 Å². The second-order valence-electron chi connectivity index (χ2n) is 3.52. The highest BCUT2D eigenvalue weighted by Crippen LogP contribution is 2.35. The van der Waals surface area contributed by atoms with Crippen LogP contribution in [0.25, 0.3) is 0 Å². The lowest BCUT2D eigenvalue weighted by Gasteiger charge is -2.18. The van der Waals surface area contributed by atoms with Gasteiger partial charge in [-0.25, -0.2) is 8.42 Å². The predicted molar refractivity (Wildman–Crippen MR) is 52.1 cm³/mol. The Morgan fingerprint density at radius 2 is 1.88 bits per heavy atom. The normalized spacial score (nSPS) is 18.4. The Labute approximate surface area is 94.4 Å². The van der Waals surface area contributed by atoms with Crippen LogP contribution in [0.2, 0.25) is 0 Å². The van der Waals surface area contributed by atoms with Gasteiger partial charge in [-0.3, -0.25) is 4.79 Å². The van der Waals surface area contributed by atoms with Gasteiger partial charge in [0, 0.05) is 0 Å². The lowest BCUT2D eigenvalue weighted by Crippen LogP contribution is -2.29. The van der Waals surface area contributed by atoms with E-state index in [9.17, 15) is 26.4 Å². The average Bonchev–Trinajstić information content (AvgIpc) is 2.13. The molecule has 1 aromatic carbocycles. The first-order chi connectivity index (χ1) is 7.70. The van der Waals surface area contributed by atoms with Crippen molar-refractivity contribution in [2.75, 3.05) is 11.1 Å². The molecule has 0 bridgehead atoms. The first-order valence-corrected chi connectivity index (χ1v) is 6.09. The Balaban J connectivity index is 2.61. The Hall–Kier alpha value is -1.57. The number of hydrogen-bond acceptors (Lipinski definition) is 3. The number of carbonyl (C=O) groups is 1. The number of alkyl halides is 3. The molecule has 0 saturated carbocycles. The molecule has 1 amide bonds. The van der Waals surface area contributed by atoms with Crippen LogP contribution in [0.5, 0.6) is 0 Å². The van der Waals surface area contributed by atoms with Crippen molar-refractivity contribution in [3.8, 4) is 0 Å². The van der Waals surface area contributed by atoms with E-state index in [1.54, 1.807) is 0 Å². The van der Waals surface area contributed by atoms with Crippen molar-refractivity contribution in [1.82, 2.24) is 0 Å². The maximum atomic E-state index is 12.4. The number of fused-ring (bicyclic) bond motifs is 1. The van der Waals surface area contributed by atoms with Gasteiger partial charge in [-0.15, -0.1) is 0 Å². The molecule has 1 aliphatic rings. The first kappa shape index (κ1) is 11.9. The number of hydrogen-bond donors (Lipinski definition) is 1. The van der Waals surface area contributed by atoms with E-state index < -0.39 is 33.2 Å². The highest BCUT2D eigenvalue weighted by atomic mass is 32.2. The van der Waals surface area contributed by atoms with Crippen LogP contribution in [0, 0.1) is 0 Å². The van der Waals surface area contributed by atoms with Gasteiger partial charge in [0.1, 0.15) is 5.75 Å². The van der Waals surface area contributed by atoms with Gasteiger partial charge in [-0.2, -0.15) is 13.2 Å². The van der Waals surface area contributed by atoms with Gasteiger partial charge in [0.05, 0.1) is 16.1 Å². The van der Waals surface area contributed by atoms with E-state index in [-0.39, 0.29) is 10.6 Å². The maximum absolute atomic E-state index is 12.4. The maximum Gasteiger partial charge on any atom is 0.416 e. The van der Waals surface area contributed by atoms with Gasteiger partial charge in [-0.05, 0) is 18.2 Å². The van der Waals surface area contributed by atoms with Crippen molar-refractivity contribution < 1.29 is 26.4 Å². The monoisotopic (exact) mass is 265 g/mol. The zero-order valence-electron chi connectivity index (χ0n) is 8.21. The van der Waals surface area contributed by atoms with E-state index in [0.717, 1.165) is 6.07 Å². The molecule has 0 spiro atoms. The smallest absolute Gasteiger partial charge is 0.324 e. The number of amides is 1. The molecule has 1 aromatic rings.